The molecule has 3 saturated carbocycles. The predicted molar refractivity (Wildman–Crippen MR) is 149 cm³/mol. The van der Waals surface area contributed by atoms with E-state index in [0.29, 0.717) is 23.2 Å². The Labute approximate surface area is 226 Å². The number of rotatable bonds is 8. The summed E-state index contributed by atoms with van der Waals surface area (Å²) < 4.78 is 11.5. The van der Waals surface area contributed by atoms with Gasteiger partial charge >= 0.3 is 11.9 Å². The van der Waals surface area contributed by atoms with Gasteiger partial charge in [-0.3, -0.25) is 9.59 Å². The van der Waals surface area contributed by atoms with Gasteiger partial charge in [-0.15, -0.1) is 0 Å². The highest BCUT2D eigenvalue weighted by atomic mass is 16.6. The molecule has 4 rings (SSSR count). The van der Waals surface area contributed by atoms with Crippen LogP contribution in [-0.4, -0.2) is 24.1 Å². The summed E-state index contributed by atoms with van der Waals surface area (Å²) in [6.45, 7) is 19.2. The Morgan fingerprint density at radius 2 is 1.70 bits per heavy atom. The molecular weight excluding hydrogens is 460 g/mol. The van der Waals surface area contributed by atoms with Crippen LogP contribution in [0, 0.1) is 46.3 Å². The maximum Gasteiger partial charge on any atom is 0.303 e. The molecule has 0 aliphatic heterocycles. The summed E-state index contributed by atoms with van der Waals surface area (Å²) in [5.41, 5.74) is 3.01. The minimum Gasteiger partial charge on any atom is -0.458 e. The zero-order valence-electron chi connectivity index (χ0n) is 24.6. The average Bonchev–Trinajstić information content (AvgIpc) is 3.17. The lowest BCUT2D eigenvalue weighted by Crippen LogP contribution is -2.55. The van der Waals surface area contributed by atoms with Gasteiger partial charge in [0, 0.05) is 13.8 Å². The third-order valence-electron chi connectivity index (χ3n) is 11.6. The SMILES string of the molecule is C=C(C)[C@@H](CC)CC[C@@H](C)[C@H]1CC[C@H]2[C@@H]3CC=C4[C@@H](OC(C)=O)[C@@H](OC(C)=O)CC[C@]4(C)[C@H]3CC[C@]12C. The van der Waals surface area contributed by atoms with Gasteiger partial charge in [-0.05, 0) is 123 Å². The number of hydrogen-bond donors (Lipinski definition) is 0. The van der Waals surface area contributed by atoms with E-state index in [4.69, 9.17) is 9.47 Å². The highest BCUT2D eigenvalue weighted by Gasteiger charge is 2.60. The Kier molecular flexibility index (Phi) is 8.37. The number of hydrogen-bond acceptors (Lipinski definition) is 4. The normalized spacial score (nSPS) is 40.4. The first kappa shape index (κ1) is 28.4. The number of allylic oxidation sites excluding steroid dienone is 2. The highest BCUT2D eigenvalue weighted by molar-refractivity contribution is 5.68. The van der Waals surface area contributed by atoms with Crippen molar-refractivity contribution < 1.29 is 19.1 Å². The van der Waals surface area contributed by atoms with Crippen LogP contribution in [0.25, 0.3) is 0 Å². The van der Waals surface area contributed by atoms with Crippen molar-refractivity contribution in [3.8, 4) is 0 Å². The van der Waals surface area contributed by atoms with Gasteiger partial charge in [-0.2, -0.15) is 0 Å². The van der Waals surface area contributed by atoms with Crippen LogP contribution in [0.3, 0.4) is 0 Å². The Morgan fingerprint density at radius 3 is 2.32 bits per heavy atom. The van der Waals surface area contributed by atoms with Crippen molar-refractivity contribution in [2.24, 2.45) is 46.3 Å². The molecule has 0 spiro atoms. The minimum atomic E-state index is -0.439. The zero-order valence-corrected chi connectivity index (χ0v) is 24.6. The van der Waals surface area contributed by atoms with E-state index >= 15 is 0 Å². The van der Waals surface area contributed by atoms with Gasteiger partial charge in [-0.1, -0.05) is 45.9 Å². The first-order chi connectivity index (χ1) is 17.4. The maximum atomic E-state index is 12.1. The maximum absolute atomic E-state index is 12.1. The standard InChI is InChI=1S/C33H52O4/c1-9-24(20(2)3)11-10-21(4)26-14-15-27-25-12-13-29-31(37-23(6)35)30(36-22(5)34)17-19-33(29,8)28(25)16-18-32(26,27)7/h13,21,24-28,30-31H,2,9-12,14-19H2,1,3-8H3/t21-,24+,25+,26-,27+,28+,30+,31-,32-,33-/m1/s1. The van der Waals surface area contributed by atoms with Crippen molar-refractivity contribution in [1.82, 2.24) is 0 Å². The van der Waals surface area contributed by atoms with E-state index in [1.165, 1.54) is 69.9 Å². The lowest BCUT2D eigenvalue weighted by atomic mass is 9.46. The fourth-order valence-corrected chi connectivity index (χ4v) is 9.77. The molecule has 0 radical (unpaired) electrons. The molecule has 3 fully saturated rings. The second-order valence-electron chi connectivity index (χ2n) is 13.6. The molecule has 4 nitrogen and oxygen atoms in total. The molecule has 0 N–H and O–H groups in total. The van der Waals surface area contributed by atoms with Crippen LogP contribution >= 0.6 is 0 Å². The van der Waals surface area contributed by atoms with Crippen LogP contribution in [0.2, 0.25) is 0 Å². The number of carbonyl (C=O) groups is 2. The van der Waals surface area contributed by atoms with Gasteiger partial charge in [0.05, 0.1) is 0 Å². The van der Waals surface area contributed by atoms with Crippen LogP contribution in [0.15, 0.2) is 23.8 Å². The fraction of sp³-hybridized carbons (Fsp3) is 0.818. The average molecular weight is 513 g/mol. The molecule has 0 unspecified atom stereocenters. The fourth-order valence-electron chi connectivity index (χ4n) is 9.77. The molecule has 10 atom stereocenters. The van der Waals surface area contributed by atoms with E-state index in [9.17, 15) is 9.59 Å². The van der Waals surface area contributed by atoms with Gasteiger partial charge in [0.2, 0.25) is 0 Å². The smallest absolute Gasteiger partial charge is 0.303 e. The number of carbonyl (C=O) groups excluding carboxylic acids is 2. The number of fused-ring (bicyclic) bond motifs is 5. The van der Waals surface area contributed by atoms with Crippen LogP contribution in [0.4, 0.5) is 0 Å². The Balaban J connectivity index is 1.54. The summed E-state index contributed by atoms with van der Waals surface area (Å²) in [7, 11) is 0. The van der Waals surface area contributed by atoms with Crippen LogP contribution in [0.1, 0.15) is 113 Å². The second kappa shape index (κ2) is 10.9. The van der Waals surface area contributed by atoms with Crippen molar-refractivity contribution in [3.05, 3.63) is 23.8 Å². The molecule has 0 saturated heterocycles. The Morgan fingerprint density at radius 1 is 1.00 bits per heavy atom. The van der Waals surface area contributed by atoms with Crippen LogP contribution in [-0.2, 0) is 19.1 Å². The van der Waals surface area contributed by atoms with Gasteiger partial charge in [0.15, 0.2) is 6.10 Å². The topological polar surface area (TPSA) is 52.6 Å². The van der Waals surface area contributed by atoms with Crippen molar-refractivity contribution >= 4 is 11.9 Å². The molecule has 4 heteroatoms. The van der Waals surface area contributed by atoms with E-state index < -0.39 is 6.10 Å². The molecule has 37 heavy (non-hydrogen) atoms. The first-order valence-electron chi connectivity index (χ1n) is 15.1. The summed E-state index contributed by atoms with van der Waals surface area (Å²) in [6, 6.07) is 0. The van der Waals surface area contributed by atoms with E-state index in [1.807, 2.05) is 0 Å². The monoisotopic (exact) mass is 512 g/mol. The molecule has 208 valence electrons. The van der Waals surface area contributed by atoms with Crippen LogP contribution < -0.4 is 0 Å². The summed E-state index contributed by atoms with van der Waals surface area (Å²) in [5, 5.41) is 0. The lowest BCUT2D eigenvalue weighted by molar-refractivity contribution is -0.170. The van der Waals surface area contributed by atoms with E-state index in [0.717, 1.165) is 37.0 Å². The van der Waals surface area contributed by atoms with E-state index in [1.54, 1.807) is 0 Å². The highest BCUT2D eigenvalue weighted by Crippen LogP contribution is 2.67. The minimum absolute atomic E-state index is 0.0144. The zero-order chi connectivity index (χ0) is 27.1. The summed E-state index contributed by atoms with van der Waals surface area (Å²) in [6.07, 6.45) is 13.5. The predicted octanol–water partition coefficient (Wildman–Crippen LogP) is 8.06. The van der Waals surface area contributed by atoms with Crippen molar-refractivity contribution in [1.29, 1.82) is 0 Å². The molecule has 0 amide bonds. The quantitative estimate of drug-likeness (QED) is 0.244. The summed E-state index contributed by atoms with van der Waals surface area (Å²) in [4.78, 5) is 23.9. The molecule has 4 aliphatic rings. The third kappa shape index (κ3) is 5.20. The Bertz CT molecular complexity index is 919. The van der Waals surface area contributed by atoms with Crippen molar-refractivity contribution in [2.45, 2.75) is 125 Å². The lowest BCUT2D eigenvalue weighted by Gasteiger charge is -2.59. The summed E-state index contributed by atoms with van der Waals surface area (Å²) in [5.74, 6) is 3.73. The largest absolute Gasteiger partial charge is 0.458 e. The summed E-state index contributed by atoms with van der Waals surface area (Å²) >= 11 is 0. The van der Waals surface area contributed by atoms with Gasteiger partial charge in [-0.25, -0.2) is 0 Å². The van der Waals surface area contributed by atoms with Gasteiger partial charge in [0.1, 0.15) is 6.10 Å². The molecule has 0 bridgehead atoms. The third-order valence-corrected chi connectivity index (χ3v) is 11.6. The van der Waals surface area contributed by atoms with Crippen LogP contribution in [0.5, 0.6) is 0 Å². The Hall–Kier alpha value is -1.58. The molecule has 0 aromatic heterocycles. The van der Waals surface area contributed by atoms with Gasteiger partial charge in [0.25, 0.3) is 0 Å². The van der Waals surface area contributed by atoms with Crippen molar-refractivity contribution in [3.63, 3.8) is 0 Å². The second-order valence-corrected chi connectivity index (χ2v) is 13.6. The molecule has 0 aromatic rings. The van der Waals surface area contributed by atoms with E-state index in [-0.39, 0.29) is 23.5 Å². The molecular formula is C33H52O4. The molecule has 4 aliphatic carbocycles. The van der Waals surface area contributed by atoms with Crippen molar-refractivity contribution in [2.75, 3.05) is 0 Å². The number of esters is 2. The van der Waals surface area contributed by atoms with Gasteiger partial charge < -0.3 is 9.47 Å². The number of ether oxygens (including phenoxy) is 2. The molecule has 0 aromatic carbocycles. The van der Waals surface area contributed by atoms with E-state index in [2.05, 4.69) is 47.3 Å². The first-order valence-corrected chi connectivity index (χ1v) is 15.1. The molecule has 0 heterocycles.